The van der Waals surface area contributed by atoms with Crippen molar-refractivity contribution in [1.82, 2.24) is 4.90 Å². The Morgan fingerprint density at radius 3 is 2.91 bits per heavy atom. The minimum Gasteiger partial charge on any atom is -0.378 e. The number of rotatable bonds is 3. The van der Waals surface area contributed by atoms with Crippen LogP contribution < -0.4 is 0 Å². The van der Waals surface area contributed by atoms with Crippen molar-refractivity contribution in [3.63, 3.8) is 0 Å². The SMILES string of the molecule is CCCN1CCOCC1CC. The van der Waals surface area contributed by atoms with E-state index >= 15 is 0 Å². The number of ether oxygens (including phenoxy) is 1. The first kappa shape index (κ1) is 9.01. The molecule has 0 radical (unpaired) electrons. The van der Waals surface area contributed by atoms with Crippen LogP contribution in [0.4, 0.5) is 0 Å². The minimum absolute atomic E-state index is 0.684. The zero-order chi connectivity index (χ0) is 8.10. The van der Waals surface area contributed by atoms with Gasteiger partial charge in [-0.15, -0.1) is 0 Å². The monoisotopic (exact) mass is 157 g/mol. The molecule has 1 unspecified atom stereocenters. The lowest BCUT2D eigenvalue weighted by Gasteiger charge is -2.34. The lowest BCUT2D eigenvalue weighted by atomic mass is 10.1. The van der Waals surface area contributed by atoms with Crippen LogP contribution in [0.1, 0.15) is 26.7 Å². The van der Waals surface area contributed by atoms with Gasteiger partial charge in [0.05, 0.1) is 13.2 Å². The molecule has 1 fully saturated rings. The summed E-state index contributed by atoms with van der Waals surface area (Å²) in [6, 6.07) is 0.684. The summed E-state index contributed by atoms with van der Waals surface area (Å²) in [6.07, 6.45) is 2.48. The van der Waals surface area contributed by atoms with Crippen molar-refractivity contribution < 1.29 is 4.74 Å². The summed E-state index contributed by atoms with van der Waals surface area (Å²) in [5, 5.41) is 0. The average Bonchev–Trinajstić information content (AvgIpc) is 2.06. The Kier molecular flexibility index (Phi) is 3.87. The van der Waals surface area contributed by atoms with E-state index < -0.39 is 0 Å². The van der Waals surface area contributed by atoms with Crippen LogP contribution in [0.2, 0.25) is 0 Å². The summed E-state index contributed by atoms with van der Waals surface area (Å²) in [6.45, 7) is 8.71. The van der Waals surface area contributed by atoms with Crippen molar-refractivity contribution in [2.24, 2.45) is 0 Å². The van der Waals surface area contributed by atoms with E-state index in [0.717, 1.165) is 19.8 Å². The Labute approximate surface area is 69.5 Å². The molecular weight excluding hydrogens is 138 g/mol. The van der Waals surface area contributed by atoms with Gasteiger partial charge in [-0.3, -0.25) is 4.90 Å². The fourth-order valence-corrected chi connectivity index (χ4v) is 1.65. The minimum atomic E-state index is 0.684. The second kappa shape index (κ2) is 4.73. The average molecular weight is 157 g/mol. The van der Waals surface area contributed by atoms with E-state index in [1.165, 1.54) is 19.4 Å². The molecule has 0 amide bonds. The first-order valence-corrected chi connectivity index (χ1v) is 4.70. The molecule has 66 valence electrons. The molecule has 1 heterocycles. The van der Waals surface area contributed by atoms with E-state index in [-0.39, 0.29) is 0 Å². The van der Waals surface area contributed by atoms with Crippen LogP contribution in [0.3, 0.4) is 0 Å². The molecule has 0 saturated carbocycles. The maximum atomic E-state index is 5.41. The lowest BCUT2D eigenvalue weighted by Crippen LogP contribution is -2.45. The zero-order valence-electron chi connectivity index (χ0n) is 7.68. The van der Waals surface area contributed by atoms with Crippen molar-refractivity contribution in [2.75, 3.05) is 26.3 Å². The third-order valence-electron chi connectivity index (χ3n) is 2.33. The summed E-state index contributed by atoms with van der Waals surface area (Å²) in [5.41, 5.74) is 0. The second-order valence-electron chi connectivity index (χ2n) is 3.17. The van der Waals surface area contributed by atoms with Crippen LogP contribution in [0.25, 0.3) is 0 Å². The summed E-state index contributed by atoms with van der Waals surface area (Å²) in [5.74, 6) is 0. The Bertz CT molecular complexity index is 104. The van der Waals surface area contributed by atoms with Crippen molar-refractivity contribution in [1.29, 1.82) is 0 Å². The van der Waals surface area contributed by atoms with Gasteiger partial charge in [-0.2, -0.15) is 0 Å². The fraction of sp³-hybridized carbons (Fsp3) is 1.00. The smallest absolute Gasteiger partial charge is 0.0622 e. The molecule has 0 N–H and O–H groups in total. The number of nitrogens with zero attached hydrogens (tertiary/aromatic N) is 1. The molecule has 1 aliphatic rings. The van der Waals surface area contributed by atoms with Gasteiger partial charge in [0.2, 0.25) is 0 Å². The standard InChI is InChI=1S/C9H19NO/c1-3-5-10-6-7-11-8-9(10)4-2/h9H,3-8H2,1-2H3. The van der Waals surface area contributed by atoms with E-state index in [4.69, 9.17) is 4.74 Å². The molecule has 1 saturated heterocycles. The molecular formula is C9H19NO. The number of hydrogen-bond donors (Lipinski definition) is 0. The maximum Gasteiger partial charge on any atom is 0.0622 e. The fourth-order valence-electron chi connectivity index (χ4n) is 1.65. The van der Waals surface area contributed by atoms with Gasteiger partial charge in [0.15, 0.2) is 0 Å². The van der Waals surface area contributed by atoms with E-state index in [1.54, 1.807) is 0 Å². The van der Waals surface area contributed by atoms with Crippen LogP contribution in [-0.2, 0) is 4.74 Å². The van der Waals surface area contributed by atoms with Crippen molar-refractivity contribution in [2.45, 2.75) is 32.7 Å². The molecule has 0 aromatic carbocycles. The Morgan fingerprint density at radius 1 is 1.45 bits per heavy atom. The van der Waals surface area contributed by atoms with Crippen LogP contribution in [0.5, 0.6) is 0 Å². The highest BCUT2D eigenvalue weighted by molar-refractivity contribution is 4.72. The maximum absolute atomic E-state index is 5.41. The third kappa shape index (κ3) is 2.46. The van der Waals surface area contributed by atoms with E-state index in [1.807, 2.05) is 0 Å². The first-order valence-electron chi connectivity index (χ1n) is 4.70. The molecule has 2 heteroatoms. The highest BCUT2D eigenvalue weighted by Gasteiger charge is 2.19. The summed E-state index contributed by atoms with van der Waals surface area (Å²) < 4.78 is 5.41. The van der Waals surface area contributed by atoms with E-state index in [9.17, 15) is 0 Å². The first-order chi connectivity index (χ1) is 5.38. The molecule has 1 aliphatic heterocycles. The summed E-state index contributed by atoms with van der Waals surface area (Å²) >= 11 is 0. The zero-order valence-corrected chi connectivity index (χ0v) is 7.68. The van der Waals surface area contributed by atoms with Crippen molar-refractivity contribution in [3.8, 4) is 0 Å². The number of hydrogen-bond acceptors (Lipinski definition) is 2. The van der Waals surface area contributed by atoms with Gasteiger partial charge in [-0.25, -0.2) is 0 Å². The highest BCUT2D eigenvalue weighted by atomic mass is 16.5. The van der Waals surface area contributed by atoms with Gasteiger partial charge in [-0.1, -0.05) is 13.8 Å². The second-order valence-corrected chi connectivity index (χ2v) is 3.17. The van der Waals surface area contributed by atoms with Crippen molar-refractivity contribution >= 4 is 0 Å². The van der Waals surface area contributed by atoms with Gasteiger partial charge >= 0.3 is 0 Å². The normalized spacial score (nSPS) is 27.3. The van der Waals surface area contributed by atoms with Gasteiger partial charge in [0.25, 0.3) is 0 Å². The molecule has 0 aliphatic carbocycles. The van der Waals surface area contributed by atoms with E-state index in [2.05, 4.69) is 18.7 Å². The highest BCUT2D eigenvalue weighted by Crippen LogP contribution is 2.09. The van der Waals surface area contributed by atoms with Crippen molar-refractivity contribution in [3.05, 3.63) is 0 Å². The molecule has 0 aromatic rings. The number of morpholine rings is 1. The third-order valence-corrected chi connectivity index (χ3v) is 2.33. The predicted molar refractivity (Wildman–Crippen MR) is 46.8 cm³/mol. The predicted octanol–water partition coefficient (Wildman–Crippen LogP) is 1.51. The van der Waals surface area contributed by atoms with E-state index in [0.29, 0.717) is 6.04 Å². The van der Waals surface area contributed by atoms with Crippen LogP contribution in [0.15, 0.2) is 0 Å². The molecule has 0 spiro atoms. The Morgan fingerprint density at radius 2 is 2.27 bits per heavy atom. The molecule has 2 nitrogen and oxygen atoms in total. The quantitative estimate of drug-likeness (QED) is 0.615. The van der Waals surface area contributed by atoms with Gasteiger partial charge in [-0.05, 0) is 19.4 Å². The molecule has 1 rings (SSSR count). The van der Waals surface area contributed by atoms with Gasteiger partial charge in [0, 0.05) is 12.6 Å². The molecule has 11 heavy (non-hydrogen) atoms. The van der Waals surface area contributed by atoms with Crippen LogP contribution >= 0.6 is 0 Å². The summed E-state index contributed by atoms with van der Waals surface area (Å²) in [4.78, 5) is 2.55. The Balaban J connectivity index is 2.31. The molecule has 0 bridgehead atoms. The van der Waals surface area contributed by atoms with Crippen LogP contribution in [0, 0.1) is 0 Å². The van der Waals surface area contributed by atoms with Crippen LogP contribution in [-0.4, -0.2) is 37.2 Å². The summed E-state index contributed by atoms with van der Waals surface area (Å²) in [7, 11) is 0. The Hall–Kier alpha value is -0.0800. The molecule has 1 atom stereocenters. The largest absolute Gasteiger partial charge is 0.378 e. The molecule has 0 aromatic heterocycles. The lowest BCUT2D eigenvalue weighted by molar-refractivity contribution is -0.00837. The van der Waals surface area contributed by atoms with Gasteiger partial charge < -0.3 is 4.74 Å². The van der Waals surface area contributed by atoms with Gasteiger partial charge in [0.1, 0.15) is 0 Å². The topological polar surface area (TPSA) is 12.5 Å².